The van der Waals surface area contributed by atoms with Gasteiger partial charge in [0.15, 0.2) is 5.84 Å². The van der Waals surface area contributed by atoms with E-state index >= 15 is 0 Å². The maximum Gasteiger partial charge on any atom is 0.170 e. The fourth-order valence-corrected chi connectivity index (χ4v) is 2.31. The van der Waals surface area contributed by atoms with E-state index in [1.165, 1.54) is 11.1 Å². The number of hydrogen-bond acceptors (Lipinski definition) is 3. The maximum absolute atomic E-state index is 8.70. The van der Waals surface area contributed by atoms with Crippen LogP contribution < -0.4 is 11.1 Å². The predicted octanol–water partition coefficient (Wildman–Crippen LogP) is 3.77. The van der Waals surface area contributed by atoms with Crippen molar-refractivity contribution in [2.24, 2.45) is 10.9 Å². The van der Waals surface area contributed by atoms with Crippen LogP contribution in [-0.4, -0.2) is 11.0 Å². The zero-order valence-electron chi connectivity index (χ0n) is 12.0. The van der Waals surface area contributed by atoms with E-state index < -0.39 is 0 Å². The molecule has 4 nitrogen and oxygen atoms in total. The van der Waals surface area contributed by atoms with Crippen molar-refractivity contribution < 1.29 is 5.21 Å². The summed E-state index contributed by atoms with van der Waals surface area (Å²) in [6.07, 6.45) is 0. The number of nitrogens with two attached hydrogens (primary N) is 1. The van der Waals surface area contributed by atoms with Gasteiger partial charge in [-0.15, -0.1) is 0 Å². The second-order valence-corrected chi connectivity index (χ2v) is 5.80. The van der Waals surface area contributed by atoms with Gasteiger partial charge in [0.1, 0.15) is 0 Å². The van der Waals surface area contributed by atoms with Crippen LogP contribution in [0, 0.1) is 13.8 Å². The number of aryl methyl sites for hydroxylation is 2. The molecule has 5 heteroatoms. The minimum Gasteiger partial charge on any atom is -0.409 e. The molecule has 0 spiro atoms. The third-order valence-corrected chi connectivity index (χ3v) is 4.28. The highest BCUT2D eigenvalue weighted by Crippen LogP contribution is 2.21. The number of nitrogens with zero attached hydrogens (tertiary/aromatic N) is 1. The maximum atomic E-state index is 8.70. The highest BCUT2D eigenvalue weighted by atomic mass is 79.9. The molecule has 0 aliphatic heterocycles. The van der Waals surface area contributed by atoms with Gasteiger partial charge in [-0.2, -0.15) is 0 Å². The van der Waals surface area contributed by atoms with Gasteiger partial charge in [-0.3, -0.25) is 0 Å². The summed E-state index contributed by atoms with van der Waals surface area (Å²) in [7, 11) is 0. The Hall–Kier alpha value is -2.01. The minimum absolute atomic E-state index is 0.126. The normalized spacial score (nSPS) is 11.5. The fourth-order valence-electron chi connectivity index (χ4n) is 2.06. The Labute approximate surface area is 132 Å². The molecular formula is C16H18BrN3O. The van der Waals surface area contributed by atoms with E-state index in [0.29, 0.717) is 0 Å². The fraction of sp³-hybridized carbons (Fsp3) is 0.188. The van der Waals surface area contributed by atoms with Crippen LogP contribution in [0.5, 0.6) is 0 Å². The first-order chi connectivity index (χ1) is 10.0. The molecule has 21 heavy (non-hydrogen) atoms. The lowest BCUT2D eigenvalue weighted by Gasteiger charge is -2.11. The molecule has 2 rings (SSSR count). The van der Waals surface area contributed by atoms with Crippen LogP contribution in [0.4, 0.5) is 5.69 Å². The first-order valence-electron chi connectivity index (χ1n) is 6.58. The highest BCUT2D eigenvalue weighted by Gasteiger charge is 2.04. The van der Waals surface area contributed by atoms with Crippen LogP contribution >= 0.6 is 15.9 Å². The smallest absolute Gasteiger partial charge is 0.170 e. The Morgan fingerprint density at radius 1 is 1.19 bits per heavy atom. The van der Waals surface area contributed by atoms with Crippen molar-refractivity contribution in [1.82, 2.24) is 0 Å². The Morgan fingerprint density at radius 2 is 1.95 bits per heavy atom. The zero-order chi connectivity index (χ0) is 15.4. The predicted molar refractivity (Wildman–Crippen MR) is 89.9 cm³/mol. The Morgan fingerprint density at radius 3 is 2.57 bits per heavy atom. The first kappa shape index (κ1) is 15.4. The van der Waals surface area contributed by atoms with Crippen molar-refractivity contribution in [2.45, 2.75) is 20.4 Å². The molecule has 0 amide bonds. The van der Waals surface area contributed by atoms with E-state index in [1.807, 2.05) is 37.3 Å². The number of oxime groups is 1. The number of nitrogens with one attached hydrogen (secondary N) is 1. The van der Waals surface area contributed by atoms with Gasteiger partial charge in [0, 0.05) is 22.3 Å². The second kappa shape index (κ2) is 6.63. The number of rotatable bonds is 4. The summed E-state index contributed by atoms with van der Waals surface area (Å²) in [5.74, 6) is 0.126. The van der Waals surface area contributed by atoms with E-state index in [1.54, 1.807) is 0 Å². The average Bonchev–Trinajstić information content (AvgIpc) is 2.48. The Balaban J connectivity index is 2.11. The number of hydrogen-bond donors (Lipinski definition) is 3. The summed E-state index contributed by atoms with van der Waals surface area (Å²) in [5, 5.41) is 15.1. The minimum atomic E-state index is 0.126. The molecule has 0 aliphatic rings. The van der Waals surface area contributed by atoms with E-state index in [0.717, 1.165) is 27.8 Å². The quantitative estimate of drug-likeness (QED) is 0.341. The summed E-state index contributed by atoms with van der Waals surface area (Å²) in [6.45, 7) is 4.80. The van der Waals surface area contributed by atoms with Crippen molar-refractivity contribution in [3.63, 3.8) is 0 Å². The molecule has 0 fully saturated rings. The molecule has 0 radical (unpaired) electrons. The molecule has 0 saturated carbocycles. The lowest BCUT2D eigenvalue weighted by atomic mass is 10.0. The van der Waals surface area contributed by atoms with Crippen LogP contribution in [0.2, 0.25) is 0 Å². The van der Waals surface area contributed by atoms with Gasteiger partial charge in [0.25, 0.3) is 0 Å². The van der Waals surface area contributed by atoms with Crippen LogP contribution in [0.3, 0.4) is 0 Å². The van der Waals surface area contributed by atoms with E-state index in [2.05, 4.69) is 39.4 Å². The largest absolute Gasteiger partial charge is 0.409 e. The lowest BCUT2D eigenvalue weighted by molar-refractivity contribution is 0.318. The number of anilines is 1. The summed E-state index contributed by atoms with van der Waals surface area (Å²) in [5.41, 5.74) is 10.9. The zero-order valence-corrected chi connectivity index (χ0v) is 13.6. The summed E-state index contributed by atoms with van der Waals surface area (Å²) in [4.78, 5) is 0. The Bertz CT molecular complexity index is 683. The van der Waals surface area contributed by atoms with Crippen molar-refractivity contribution in [3.05, 3.63) is 63.1 Å². The van der Waals surface area contributed by atoms with E-state index in [9.17, 15) is 0 Å². The average molecular weight is 348 g/mol. The first-order valence-corrected chi connectivity index (χ1v) is 7.38. The van der Waals surface area contributed by atoms with Crippen LogP contribution in [0.25, 0.3) is 0 Å². The molecule has 110 valence electrons. The summed E-state index contributed by atoms with van der Waals surface area (Å²) in [6, 6.07) is 11.9. The topological polar surface area (TPSA) is 70.6 Å². The van der Waals surface area contributed by atoms with Crippen molar-refractivity contribution in [2.75, 3.05) is 5.32 Å². The lowest BCUT2D eigenvalue weighted by Crippen LogP contribution is -2.13. The highest BCUT2D eigenvalue weighted by molar-refractivity contribution is 9.10. The van der Waals surface area contributed by atoms with Gasteiger partial charge < -0.3 is 16.3 Å². The summed E-state index contributed by atoms with van der Waals surface area (Å²) >= 11 is 3.49. The van der Waals surface area contributed by atoms with Gasteiger partial charge in [-0.1, -0.05) is 33.2 Å². The van der Waals surface area contributed by atoms with Gasteiger partial charge >= 0.3 is 0 Å². The number of halogens is 1. The molecule has 0 unspecified atom stereocenters. The van der Waals surface area contributed by atoms with Gasteiger partial charge in [-0.25, -0.2) is 0 Å². The molecule has 0 aliphatic carbocycles. The van der Waals surface area contributed by atoms with Gasteiger partial charge in [0.05, 0.1) is 0 Å². The standard InChI is InChI=1S/C16H18BrN3O/c1-10-7-12(16(18)20-21)3-4-13(10)9-19-14-5-6-15(17)11(2)8-14/h3-8,19,21H,9H2,1-2H3,(H2,18,20). The number of amidine groups is 1. The molecule has 0 bridgehead atoms. The van der Waals surface area contributed by atoms with Gasteiger partial charge in [0.2, 0.25) is 0 Å². The molecular weight excluding hydrogens is 330 g/mol. The molecule has 0 atom stereocenters. The van der Waals surface area contributed by atoms with Crippen LogP contribution in [0.1, 0.15) is 22.3 Å². The molecule has 2 aromatic rings. The van der Waals surface area contributed by atoms with Crippen molar-refractivity contribution in [1.29, 1.82) is 0 Å². The number of benzene rings is 2. The Kier molecular flexibility index (Phi) is 4.85. The summed E-state index contributed by atoms with van der Waals surface area (Å²) < 4.78 is 1.10. The third-order valence-electron chi connectivity index (χ3n) is 3.39. The molecule has 2 aromatic carbocycles. The molecule has 0 saturated heterocycles. The van der Waals surface area contributed by atoms with Crippen molar-refractivity contribution >= 4 is 27.5 Å². The molecule has 4 N–H and O–H groups in total. The molecule has 0 aromatic heterocycles. The van der Waals surface area contributed by atoms with E-state index in [-0.39, 0.29) is 5.84 Å². The second-order valence-electron chi connectivity index (χ2n) is 4.94. The van der Waals surface area contributed by atoms with Gasteiger partial charge in [-0.05, 0) is 54.8 Å². The van der Waals surface area contributed by atoms with Crippen LogP contribution in [0.15, 0.2) is 46.0 Å². The van der Waals surface area contributed by atoms with Crippen LogP contribution in [-0.2, 0) is 6.54 Å². The third kappa shape index (κ3) is 3.76. The molecule has 0 heterocycles. The monoisotopic (exact) mass is 347 g/mol. The SMILES string of the molecule is Cc1cc(NCc2ccc(/C(N)=N/O)cc2C)ccc1Br. The van der Waals surface area contributed by atoms with Crippen molar-refractivity contribution in [3.8, 4) is 0 Å². The van der Waals surface area contributed by atoms with E-state index in [4.69, 9.17) is 10.9 Å².